The molecule has 0 radical (unpaired) electrons. The Kier molecular flexibility index (Phi) is 6.02. The topological polar surface area (TPSA) is 111 Å². The average Bonchev–Trinajstić information content (AvgIpc) is 2.26. The third-order valence-electron chi connectivity index (χ3n) is 3.06. The van der Waals surface area contributed by atoms with Crippen molar-refractivity contribution >= 4 is 16.3 Å². The minimum atomic E-state index is -3.88. The molecule has 1 amide bonds. The first kappa shape index (κ1) is 16.2. The van der Waals surface area contributed by atoms with Crippen molar-refractivity contribution in [3.63, 3.8) is 0 Å². The summed E-state index contributed by atoms with van der Waals surface area (Å²) in [6.07, 6.45) is 2.61. The van der Waals surface area contributed by atoms with Crippen LogP contribution in [0.4, 0.5) is 4.79 Å². The highest BCUT2D eigenvalue weighted by Gasteiger charge is 2.24. The molecule has 1 aliphatic rings. The molecule has 0 saturated heterocycles. The van der Waals surface area contributed by atoms with Gasteiger partial charge in [0.1, 0.15) is 0 Å². The van der Waals surface area contributed by atoms with Crippen molar-refractivity contribution in [2.75, 3.05) is 6.54 Å². The zero-order chi connectivity index (χ0) is 14.5. The van der Waals surface area contributed by atoms with Crippen molar-refractivity contribution in [3.8, 4) is 0 Å². The quantitative estimate of drug-likeness (QED) is 0.682. The number of nitrogens with two attached hydrogens (primary N) is 1. The second-order valence-electron chi connectivity index (χ2n) is 5.12. The standard InChI is InChI=1S/C11H23N3O4S/c1-8(2)18-11(15)14-19(16,17)13-7-9-5-3-4-6-10(9)12/h8-10,13H,3-7,12H2,1-2H3,(H,14,15). The van der Waals surface area contributed by atoms with Crippen LogP contribution in [0.3, 0.4) is 0 Å². The van der Waals surface area contributed by atoms with Gasteiger partial charge in [-0.1, -0.05) is 12.8 Å². The second-order valence-corrected chi connectivity index (χ2v) is 6.62. The Labute approximate surface area is 114 Å². The van der Waals surface area contributed by atoms with Gasteiger partial charge in [-0.25, -0.2) is 9.52 Å². The molecule has 0 heterocycles. The molecule has 2 unspecified atom stereocenters. The van der Waals surface area contributed by atoms with E-state index >= 15 is 0 Å². The van der Waals surface area contributed by atoms with E-state index in [1.807, 2.05) is 0 Å². The monoisotopic (exact) mass is 293 g/mol. The van der Waals surface area contributed by atoms with Crippen molar-refractivity contribution in [2.24, 2.45) is 11.7 Å². The van der Waals surface area contributed by atoms with Crippen LogP contribution in [0.2, 0.25) is 0 Å². The number of ether oxygens (including phenoxy) is 1. The molecular formula is C11H23N3O4S. The molecule has 112 valence electrons. The van der Waals surface area contributed by atoms with E-state index in [0.29, 0.717) is 0 Å². The first-order valence-corrected chi connectivity index (χ1v) is 8.02. The zero-order valence-electron chi connectivity index (χ0n) is 11.4. The molecule has 1 aliphatic carbocycles. The van der Waals surface area contributed by atoms with Crippen LogP contribution in [0.15, 0.2) is 0 Å². The highest BCUT2D eigenvalue weighted by Crippen LogP contribution is 2.22. The smallest absolute Gasteiger partial charge is 0.422 e. The summed E-state index contributed by atoms with van der Waals surface area (Å²) in [4.78, 5) is 11.2. The summed E-state index contributed by atoms with van der Waals surface area (Å²) in [5, 5.41) is 0. The van der Waals surface area contributed by atoms with Gasteiger partial charge < -0.3 is 10.5 Å². The maximum absolute atomic E-state index is 11.6. The fourth-order valence-electron chi connectivity index (χ4n) is 2.09. The van der Waals surface area contributed by atoms with Crippen molar-refractivity contribution in [2.45, 2.75) is 51.7 Å². The molecule has 0 aromatic heterocycles. The van der Waals surface area contributed by atoms with E-state index in [9.17, 15) is 13.2 Å². The summed E-state index contributed by atoms with van der Waals surface area (Å²) in [7, 11) is -3.88. The summed E-state index contributed by atoms with van der Waals surface area (Å²) in [5.41, 5.74) is 5.93. The second kappa shape index (κ2) is 7.06. The lowest BCUT2D eigenvalue weighted by Gasteiger charge is -2.28. The molecule has 0 spiro atoms. The molecule has 0 bridgehead atoms. The molecule has 1 rings (SSSR count). The highest BCUT2D eigenvalue weighted by molar-refractivity contribution is 7.88. The third kappa shape index (κ3) is 6.22. The van der Waals surface area contributed by atoms with Gasteiger partial charge in [0.25, 0.3) is 0 Å². The Morgan fingerprint density at radius 2 is 2.00 bits per heavy atom. The summed E-state index contributed by atoms with van der Waals surface area (Å²) in [5.74, 6) is 0.117. The van der Waals surface area contributed by atoms with Crippen LogP contribution in [0.25, 0.3) is 0 Å². The molecule has 0 aromatic carbocycles. The van der Waals surface area contributed by atoms with Crippen LogP contribution in [0.1, 0.15) is 39.5 Å². The number of rotatable bonds is 5. The lowest BCUT2D eigenvalue weighted by atomic mass is 9.85. The average molecular weight is 293 g/mol. The van der Waals surface area contributed by atoms with Crippen LogP contribution in [0, 0.1) is 5.92 Å². The Morgan fingerprint density at radius 1 is 1.37 bits per heavy atom. The predicted molar refractivity (Wildman–Crippen MR) is 71.6 cm³/mol. The van der Waals surface area contributed by atoms with Crippen LogP contribution < -0.4 is 15.2 Å². The lowest BCUT2D eigenvalue weighted by Crippen LogP contribution is -2.46. The number of hydrogen-bond acceptors (Lipinski definition) is 5. The van der Waals surface area contributed by atoms with Gasteiger partial charge in [0.15, 0.2) is 0 Å². The van der Waals surface area contributed by atoms with Crippen molar-refractivity contribution in [3.05, 3.63) is 0 Å². The Balaban J connectivity index is 2.39. The van der Waals surface area contributed by atoms with Gasteiger partial charge in [0.05, 0.1) is 6.10 Å². The molecule has 7 nitrogen and oxygen atoms in total. The minimum absolute atomic E-state index is 0.0130. The summed E-state index contributed by atoms with van der Waals surface area (Å²) in [6.45, 7) is 3.52. The van der Waals surface area contributed by atoms with Crippen molar-refractivity contribution in [1.82, 2.24) is 9.44 Å². The summed E-state index contributed by atoms with van der Waals surface area (Å²) in [6, 6.07) is 0.0130. The molecule has 8 heteroatoms. The lowest BCUT2D eigenvalue weighted by molar-refractivity contribution is 0.121. The molecule has 0 aromatic rings. The van der Waals surface area contributed by atoms with Gasteiger partial charge in [-0.15, -0.1) is 0 Å². The molecular weight excluding hydrogens is 270 g/mol. The van der Waals surface area contributed by atoms with Crippen LogP contribution in [0.5, 0.6) is 0 Å². The van der Waals surface area contributed by atoms with E-state index < -0.39 is 16.3 Å². The van der Waals surface area contributed by atoms with Crippen LogP contribution in [-0.4, -0.2) is 33.2 Å². The Bertz CT molecular complexity index is 397. The van der Waals surface area contributed by atoms with E-state index in [1.165, 1.54) is 0 Å². The molecule has 1 fully saturated rings. The van der Waals surface area contributed by atoms with E-state index in [-0.39, 0.29) is 24.6 Å². The number of hydrogen-bond donors (Lipinski definition) is 3. The van der Waals surface area contributed by atoms with Gasteiger partial charge in [-0.05, 0) is 32.6 Å². The Morgan fingerprint density at radius 3 is 2.58 bits per heavy atom. The van der Waals surface area contributed by atoms with E-state index in [4.69, 9.17) is 10.5 Å². The molecule has 19 heavy (non-hydrogen) atoms. The maximum Gasteiger partial charge on any atom is 0.422 e. The molecule has 0 aliphatic heterocycles. The summed E-state index contributed by atoms with van der Waals surface area (Å²) >= 11 is 0. The number of amides is 1. The van der Waals surface area contributed by atoms with Crippen LogP contribution >= 0.6 is 0 Å². The van der Waals surface area contributed by atoms with E-state index in [2.05, 4.69) is 4.72 Å². The normalized spacial score (nSPS) is 24.2. The fraction of sp³-hybridized carbons (Fsp3) is 0.909. The number of nitrogens with one attached hydrogen (secondary N) is 2. The minimum Gasteiger partial charge on any atom is -0.446 e. The zero-order valence-corrected chi connectivity index (χ0v) is 12.2. The fourth-order valence-corrected chi connectivity index (χ4v) is 2.86. The highest BCUT2D eigenvalue weighted by atomic mass is 32.2. The largest absolute Gasteiger partial charge is 0.446 e. The Hall–Kier alpha value is -0.860. The van der Waals surface area contributed by atoms with Crippen molar-refractivity contribution < 1.29 is 17.9 Å². The van der Waals surface area contributed by atoms with E-state index in [0.717, 1.165) is 25.7 Å². The molecule has 4 N–H and O–H groups in total. The maximum atomic E-state index is 11.6. The van der Waals surface area contributed by atoms with Gasteiger partial charge in [0.2, 0.25) is 0 Å². The number of carbonyl (C=O) groups is 1. The van der Waals surface area contributed by atoms with Gasteiger partial charge in [-0.3, -0.25) is 0 Å². The summed E-state index contributed by atoms with van der Waals surface area (Å²) < 4.78 is 32.1. The van der Waals surface area contributed by atoms with Crippen molar-refractivity contribution in [1.29, 1.82) is 0 Å². The molecule has 1 saturated carbocycles. The van der Waals surface area contributed by atoms with Crippen LogP contribution in [-0.2, 0) is 14.9 Å². The predicted octanol–water partition coefficient (Wildman–Crippen LogP) is 0.473. The molecule has 2 atom stereocenters. The number of carbonyl (C=O) groups excluding carboxylic acids is 1. The first-order chi connectivity index (χ1) is 8.80. The first-order valence-electron chi connectivity index (χ1n) is 6.54. The third-order valence-corrected chi connectivity index (χ3v) is 4.05. The van der Waals surface area contributed by atoms with Gasteiger partial charge >= 0.3 is 16.3 Å². The van der Waals surface area contributed by atoms with E-state index in [1.54, 1.807) is 18.6 Å². The SMILES string of the molecule is CC(C)OC(=O)NS(=O)(=O)NCC1CCCCC1N. The van der Waals surface area contributed by atoms with Gasteiger partial charge in [0, 0.05) is 12.6 Å². The van der Waals surface area contributed by atoms with Gasteiger partial charge in [-0.2, -0.15) is 13.1 Å².